The fraction of sp³-hybridized carbons (Fsp3) is 0.571. The van der Waals surface area contributed by atoms with Crippen LogP contribution in [0.3, 0.4) is 0 Å². The van der Waals surface area contributed by atoms with Gasteiger partial charge >= 0.3 is 0 Å². The Morgan fingerprint density at radius 2 is 1.67 bits per heavy atom. The molecule has 1 atom stereocenters. The van der Waals surface area contributed by atoms with E-state index in [4.69, 9.17) is 15.2 Å². The van der Waals surface area contributed by atoms with Gasteiger partial charge in [-0.25, -0.2) is 4.39 Å². The normalized spacial score (nSPS) is 15.1. The predicted octanol–water partition coefficient (Wildman–Crippen LogP) is 2.87. The molecule has 1 unspecified atom stereocenters. The van der Waals surface area contributed by atoms with Crippen LogP contribution < -0.4 is 15.2 Å². The molecule has 0 aliphatic rings. The number of methoxy groups -OCH3 is 2. The van der Waals surface area contributed by atoms with Crippen LogP contribution in [0.1, 0.15) is 26.3 Å². The zero-order chi connectivity index (χ0) is 14.0. The topological polar surface area (TPSA) is 44.5 Å². The SMILES string of the molecule is COc1ccc(C(F)(CN)C(C)(C)C)cc1OC. The van der Waals surface area contributed by atoms with Crippen LogP contribution in [0.5, 0.6) is 11.5 Å². The third-order valence-electron chi connectivity index (χ3n) is 3.31. The molecule has 0 saturated heterocycles. The van der Waals surface area contributed by atoms with Gasteiger partial charge in [0.1, 0.15) is 0 Å². The fourth-order valence-corrected chi connectivity index (χ4v) is 1.94. The molecule has 2 N–H and O–H groups in total. The van der Waals surface area contributed by atoms with Crippen molar-refractivity contribution < 1.29 is 13.9 Å². The molecule has 0 bridgehead atoms. The molecular formula is C14H22FNO2. The molecule has 0 aliphatic heterocycles. The van der Waals surface area contributed by atoms with E-state index in [1.54, 1.807) is 25.3 Å². The standard InChI is InChI=1S/C14H22FNO2/c1-13(2,3)14(15,9-16)10-6-7-11(17-4)12(8-10)18-5/h6-8H,9,16H2,1-5H3. The van der Waals surface area contributed by atoms with E-state index in [1.807, 2.05) is 20.8 Å². The van der Waals surface area contributed by atoms with Gasteiger partial charge in [0.15, 0.2) is 17.2 Å². The fourth-order valence-electron chi connectivity index (χ4n) is 1.94. The highest BCUT2D eigenvalue weighted by atomic mass is 19.1. The van der Waals surface area contributed by atoms with Crippen LogP contribution in [-0.2, 0) is 5.67 Å². The van der Waals surface area contributed by atoms with Gasteiger partial charge in [0.25, 0.3) is 0 Å². The number of alkyl halides is 1. The maximum absolute atomic E-state index is 15.1. The lowest BCUT2D eigenvalue weighted by molar-refractivity contribution is 0.0341. The van der Waals surface area contributed by atoms with Crippen molar-refractivity contribution in [3.8, 4) is 11.5 Å². The van der Waals surface area contributed by atoms with Crippen molar-refractivity contribution in [3.63, 3.8) is 0 Å². The number of ether oxygens (including phenoxy) is 2. The van der Waals surface area contributed by atoms with E-state index >= 15 is 4.39 Å². The Bertz CT molecular complexity index is 415. The highest BCUT2D eigenvalue weighted by Gasteiger charge is 2.43. The molecule has 0 heterocycles. The van der Waals surface area contributed by atoms with Gasteiger partial charge in [-0.2, -0.15) is 0 Å². The predicted molar refractivity (Wildman–Crippen MR) is 70.8 cm³/mol. The van der Waals surface area contributed by atoms with Crippen molar-refractivity contribution in [3.05, 3.63) is 23.8 Å². The zero-order valence-corrected chi connectivity index (χ0v) is 11.7. The molecule has 0 aliphatic carbocycles. The van der Waals surface area contributed by atoms with E-state index in [0.29, 0.717) is 17.1 Å². The number of benzene rings is 1. The van der Waals surface area contributed by atoms with E-state index in [0.717, 1.165) is 0 Å². The molecule has 0 saturated carbocycles. The molecule has 0 spiro atoms. The second kappa shape index (κ2) is 5.14. The molecule has 0 fully saturated rings. The first-order valence-electron chi connectivity index (χ1n) is 5.91. The maximum atomic E-state index is 15.1. The molecule has 4 heteroatoms. The van der Waals surface area contributed by atoms with E-state index in [-0.39, 0.29) is 6.54 Å². The van der Waals surface area contributed by atoms with Crippen molar-refractivity contribution in [1.82, 2.24) is 0 Å². The summed E-state index contributed by atoms with van der Waals surface area (Å²) in [5.74, 6) is 1.09. The lowest BCUT2D eigenvalue weighted by atomic mass is 9.73. The summed E-state index contributed by atoms with van der Waals surface area (Å²) in [5, 5.41) is 0. The van der Waals surface area contributed by atoms with Crippen molar-refractivity contribution in [2.75, 3.05) is 20.8 Å². The van der Waals surface area contributed by atoms with Crippen LogP contribution in [-0.4, -0.2) is 20.8 Å². The van der Waals surface area contributed by atoms with Crippen molar-refractivity contribution in [1.29, 1.82) is 0 Å². The molecule has 1 aromatic rings. The second-order valence-electron chi connectivity index (χ2n) is 5.33. The highest BCUT2D eigenvalue weighted by molar-refractivity contribution is 5.45. The summed E-state index contributed by atoms with van der Waals surface area (Å²) in [5.41, 5.74) is 3.95. The van der Waals surface area contributed by atoms with Crippen LogP contribution in [0.4, 0.5) is 4.39 Å². The number of hydrogen-bond donors (Lipinski definition) is 1. The summed E-state index contributed by atoms with van der Waals surface area (Å²) >= 11 is 0. The number of halogens is 1. The molecule has 18 heavy (non-hydrogen) atoms. The maximum Gasteiger partial charge on any atom is 0.161 e. The van der Waals surface area contributed by atoms with E-state index in [2.05, 4.69) is 0 Å². The Labute approximate surface area is 108 Å². The van der Waals surface area contributed by atoms with Crippen LogP contribution >= 0.6 is 0 Å². The van der Waals surface area contributed by atoms with Crippen LogP contribution in [0.15, 0.2) is 18.2 Å². The molecule has 1 rings (SSSR count). The highest BCUT2D eigenvalue weighted by Crippen LogP contribution is 2.44. The Balaban J connectivity index is 3.32. The van der Waals surface area contributed by atoms with E-state index in [1.165, 1.54) is 7.11 Å². The molecule has 0 amide bonds. The second-order valence-corrected chi connectivity index (χ2v) is 5.33. The summed E-state index contributed by atoms with van der Waals surface area (Å²) < 4.78 is 25.4. The average Bonchev–Trinajstić information content (AvgIpc) is 2.35. The first kappa shape index (κ1) is 14.8. The molecule has 1 aromatic carbocycles. The third kappa shape index (κ3) is 2.43. The quantitative estimate of drug-likeness (QED) is 0.899. The molecular weight excluding hydrogens is 233 g/mol. The third-order valence-corrected chi connectivity index (χ3v) is 3.31. The monoisotopic (exact) mass is 255 g/mol. The van der Waals surface area contributed by atoms with Gasteiger partial charge in [0.2, 0.25) is 0 Å². The Morgan fingerprint density at radius 3 is 2.06 bits per heavy atom. The Morgan fingerprint density at radius 1 is 1.11 bits per heavy atom. The molecule has 0 aromatic heterocycles. The minimum absolute atomic E-state index is 0.0774. The lowest BCUT2D eigenvalue weighted by Crippen LogP contribution is -2.42. The first-order chi connectivity index (χ1) is 8.30. The van der Waals surface area contributed by atoms with Gasteiger partial charge in [-0.15, -0.1) is 0 Å². The number of nitrogens with two attached hydrogens (primary N) is 1. The van der Waals surface area contributed by atoms with Gasteiger partial charge in [-0.05, 0) is 17.7 Å². The summed E-state index contributed by atoms with van der Waals surface area (Å²) in [7, 11) is 3.08. The average molecular weight is 255 g/mol. The number of rotatable bonds is 4. The first-order valence-corrected chi connectivity index (χ1v) is 5.91. The minimum Gasteiger partial charge on any atom is -0.493 e. The summed E-state index contributed by atoms with van der Waals surface area (Å²) in [6.07, 6.45) is 0. The van der Waals surface area contributed by atoms with Gasteiger partial charge in [-0.3, -0.25) is 0 Å². The summed E-state index contributed by atoms with van der Waals surface area (Å²) in [4.78, 5) is 0. The van der Waals surface area contributed by atoms with Crippen LogP contribution in [0.25, 0.3) is 0 Å². The van der Waals surface area contributed by atoms with Gasteiger partial charge in [-0.1, -0.05) is 26.8 Å². The largest absolute Gasteiger partial charge is 0.493 e. The van der Waals surface area contributed by atoms with Crippen molar-refractivity contribution in [2.45, 2.75) is 26.4 Å². The molecule has 0 radical (unpaired) electrons. The molecule has 3 nitrogen and oxygen atoms in total. The number of hydrogen-bond acceptors (Lipinski definition) is 3. The van der Waals surface area contributed by atoms with Gasteiger partial charge in [0.05, 0.1) is 14.2 Å². The Hall–Kier alpha value is -1.29. The molecule has 102 valence electrons. The summed E-state index contributed by atoms with van der Waals surface area (Å²) in [6.45, 7) is 5.41. The van der Waals surface area contributed by atoms with Crippen molar-refractivity contribution in [2.24, 2.45) is 11.1 Å². The van der Waals surface area contributed by atoms with Gasteiger partial charge in [0, 0.05) is 12.0 Å². The lowest BCUT2D eigenvalue weighted by Gasteiger charge is -2.37. The van der Waals surface area contributed by atoms with Gasteiger partial charge < -0.3 is 15.2 Å². The summed E-state index contributed by atoms with van der Waals surface area (Å²) in [6, 6.07) is 5.04. The van der Waals surface area contributed by atoms with E-state index < -0.39 is 11.1 Å². The van der Waals surface area contributed by atoms with Crippen LogP contribution in [0.2, 0.25) is 0 Å². The van der Waals surface area contributed by atoms with Crippen molar-refractivity contribution >= 4 is 0 Å². The van der Waals surface area contributed by atoms with Crippen LogP contribution in [0, 0.1) is 5.41 Å². The minimum atomic E-state index is -1.60. The van der Waals surface area contributed by atoms with E-state index in [9.17, 15) is 0 Å². The smallest absolute Gasteiger partial charge is 0.161 e. The Kier molecular flexibility index (Phi) is 4.22. The zero-order valence-electron chi connectivity index (χ0n) is 11.7.